The molecule has 0 atom stereocenters. The fourth-order valence-electron chi connectivity index (χ4n) is 2.25. The van der Waals surface area contributed by atoms with E-state index in [2.05, 4.69) is 0 Å². The Bertz CT molecular complexity index is 420. The van der Waals surface area contributed by atoms with Gasteiger partial charge in [-0.2, -0.15) is 0 Å². The minimum Gasteiger partial charge on any atom is -0.445 e. The monoisotopic (exact) mass is 293 g/mol. The van der Waals surface area contributed by atoms with E-state index < -0.39 is 0 Å². The maximum atomic E-state index is 12.2. The number of hydrogen-bond acceptors (Lipinski definition) is 4. The third-order valence-electron chi connectivity index (χ3n) is 3.67. The second-order valence-corrected chi connectivity index (χ2v) is 5.15. The Kier molecular flexibility index (Phi) is 6.50. The summed E-state index contributed by atoms with van der Waals surface area (Å²) < 4.78 is 10.6. The van der Waals surface area contributed by atoms with E-state index in [4.69, 9.17) is 14.6 Å². The molecular weight excluding hydrogens is 270 g/mol. The smallest absolute Gasteiger partial charge is 0.410 e. The summed E-state index contributed by atoms with van der Waals surface area (Å²) in [6.07, 6.45) is 2.93. The van der Waals surface area contributed by atoms with Crippen molar-refractivity contribution in [2.24, 2.45) is 0 Å². The Morgan fingerprint density at radius 1 is 1.24 bits per heavy atom. The van der Waals surface area contributed by atoms with Crippen LogP contribution in [0, 0.1) is 0 Å². The molecule has 1 aromatic rings. The van der Waals surface area contributed by atoms with Gasteiger partial charge in [-0.1, -0.05) is 30.3 Å². The third kappa shape index (κ3) is 5.02. The van der Waals surface area contributed by atoms with Crippen molar-refractivity contribution in [1.29, 1.82) is 0 Å². The maximum Gasteiger partial charge on any atom is 0.410 e. The molecule has 0 aliphatic heterocycles. The van der Waals surface area contributed by atoms with Gasteiger partial charge in [-0.3, -0.25) is 0 Å². The summed E-state index contributed by atoms with van der Waals surface area (Å²) in [5, 5.41) is 8.69. The quantitative estimate of drug-likeness (QED) is 0.746. The van der Waals surface area contributed by atoms with Gasteiger partial charge in [-0.05, 0) is 24.8 Å². The van der Waals surface area contributed by atoms with Crippen molar-refractivity contribution in [1.82, 2.24) is 4.90 Å². The predicted molar refractivity (Wildman–Crippen MR) is 78.9 cm³/mol. The number of nitrogens with zero attached hydrogens (tertiary/aromatic N) is 1. The van der Waals surface area contributed by atoms with E-state index in [9.17, 15) is 4.79 Å². The molecular formula is C16H23NO4. The molecule has 5 nitrogen and oxygen atoms in total. The van der Waals surface area contributed by atoms with Gasteiger partial charge < -0.3 is 19.5 Å². The molecule has 0 bridgehead atoms. The molecule has 1 aliphatic carbocycles. The lowest BCUT2D eigenvalue weighted by Gasteiger charge is -2.36. The van der Waals surface area contributed by atoms with Gasteiger partial charge in [0.2, 0.25) is 0 Å². The average molecular weight is 293 g/mol. The number of aliphatic hydroxyl groups is 1. The summed E-state index contributed by atoms with van der Waals surface area (Å²) >= 11 is 0. The second kappa shape index (κ2) is 8.64. The molecule has 0 unspecified atom stereocenters. The number of rotatable bonds is 8. The lowest BCUT2D eigenvalue weighted by molar-refractivity contribution is 0.0327. The molecule has 0 radical (unpaired) electrons. The van der Waals surface area contributed by atoms with Gasteiger partial charge in [0.05, 0.1) is 19.8 Å². The van der Waals surface area contributed by atoms with Crippen LogP contribution in [-0.4, -0.2) is 48.5 Å². The predicted octanol–water partition coefficient (Wildman–Crippen LogP) is 2.19. The maximum absolute atomic E-state index is 12.2. The van der Waals surface area contributed by atoms with Crippen LogP contribution in [0.3, 0.4) is 0 Å². The van der Waals surface area contributed by atoms with Crippen molar-refractivity contribution in [3.63, 3.8) is 0 Å². The molecule has 1 fully saturated rings. The van der Waals surface area contributed by atoms with Crippen molar-refractivity contribution in [2.75, 3.05) is 26.4 Å². The highest BCUT2D eigenvalue weighted by Gasteiger charge is 2.29. The first-order chi connectivity index (χ1) is 10.3. The first-order valence-electron chi connectivity index (χ1n) is 7.47. The summed E-state index contributed by atoms with van der Waals surface area (Å²) in [5.41, 5.74) is 0.982. The van der Waals surface area contributed by atoms with E-state index in [1.54, 1.807) is 4.90 Å². The van der Waals surface area contributed by atoms with E-state index in [1.807, 2.05) is 30.3 Å². The number of hydrogen-bond donors (Lipinski definition) is 1. The second-order valence-electron chi connectivity index (χ2n) is 5.15. The lowest BCUT2D eigenvalue weighted by Crippen LogP contribution is -2.46. The number of aliphatic hydroxyl groups excluding tert-OH is 1. The number of benzene rings is 1. The van der Waals surface area contributed by atoms with E-state index in [0.29, 0.717) is 26.4 Å². The molecule has 1 N–H and O–H groups in total. The van der Waals surface area contributed by atoms with Crippen LogP contribution < -0.4 is 0 Å². The van der Waals surface area contributed by atoms with Gasteiger partial charge in [-0.25, -0.2) is 4.79 Å². The Balaban J connectivity index is 1.79. The molecule has 1 amide bonds. The van der Waals surface area contributed by atoms with Crippen LogP contribution in [0.4, 0.5) is 4.79 Å². The van der Waals surface area contributed by atoms with E-state index in [0.717, 1.165) is 24.8 Å². The number of carbonyl (C=O) groups excluding carboxylic acids is 1. The molecule has 21 heavy (non-hydrogen) atoms. The van der Waals surface area contributed by atoms with Crippen LogP contribution in [0.5, 0.6) is 0 Å². The standard InChI is InChI=1S/C16H23NO4/c18-10-12-20-11-9-17(15-7-4-8-15)16(19)21-13-14-5-2-1-3-6-14/h1-3,5-6,15,18H,4,7-13H2. The number of ether oxygens (including phenoxy) is 2. The zero-order valence-corrected chi connectivity index (χ0v) is 12.2. The highest BCUT2D eigenvalue weighted by atomic mass is 16.6. The lowest BCUT2D eigenvalue weighted by atomic mass is 9.92. The zero-order valence-electron chi connectivity index (χ0n) is 12.2. The zero-order chi connectivity index (χ0) is 14.9. The normalized spacial score (nSPS) is 14.5. The molecule has 0 aromatic heterocycles. The minimum absolute atomic E-state index is 0.00187. The Hall–Kier alpha value is -1.59. The highest BCUT2D eigenvalue weighted by molar-refractivity contribution is 5.68. The van der Waals surface area contributed by atoms with Gasteiger partial charge in [0.25, 0.3) is 0 Å². The summed E-state index contributed by atoms with van der Waals surface area (Å²) in [6, 6.07) is 9.93. The van der Waals surface area contributed by atoms with E-state index in [-0.39, 0.29) is 18.7 Å². The number of carbonyl (C=O) groups is 1. The van der Waals surface area contributed by atoms with E-state index in [1.165, 1.54) is 0 Å². The molecule has 0 saturated heterocycles. The van der Waals surface area contributed by atoms with Crippen molar-refractivity contribution < 1.29 is 19.4 Å². The fraction of sp³-hybridized carbons (Fsp3) is 0.562. The minimum atomic E-state index is -0.281. The van der Waals surface area contributed by atoms with Crippen molar-refractivity contribution >= 4 is 6.09 Å². The summed E-state index contributed by atoms with van der Waals surface area (Å²) in [6.45, 7) is 1.54. The Morgan fingerprint density at radius 3 is 2.62 bits per heavy atom. The first kappa shape index (κ1) is 15.8. The van der Waals surface area contributed by atoms with Gasteiger partial charge in [0.1, 0.15) is 6.61 Å². The average Bonchev–Trinajstić information content (AvgIpc) is 2.47. The van der Waals surface area contributed by atoms with Gasteiger partial charge >= 0.3 is 6.09 Å². The molecule has 5 heteroatoms. The molecule has 1 aliphatic rings. The van der Waals surface area contributed by atoms with Crippen molar-refractivity contribution in [3.05, 3.63) is 35.9 Å². The fourth-order valence-corrected chi connectivity index (χ4v) is 2.25. The molecule has 0 spiro atoms. The largest absolute Gasteiger partial charge is 0.445 e. The topological polar surface area (TPSA) is 59.0 Å². The summed E-state index contributed by atoms with van der Waals surface area (Å²) in [5.74, 6) is 0. The van der Waals surface area contributed by atoms with Crippen LogP contribution in [0.25, 0.3) is 0 Å². The Morgan fingerprint density at radius 2 is 2.00 bits per heavy atom. The third-order valence-corrected chi connectivity index (χ3v) is 3.67. The van der Waals surface area contributed by atoms with Gasteiger partial charge in [0, 0.05) is 12.6 Å². The Labute approximate surface area is 125 Å². The van der Waals surface area contributed by atoms with E-state index >= 15 is 0 Å². The summed E-state index contributed by atoms with van der Waals surface area (Å²) in [7, 11) is 0. The van der Waals surface area contributed by atoms with Crippen LogP contribution >= 0.6 is 0 Å². The van der Waals surface area contributed by atoms with Crippen molar-refractivity contribution in [2.45, 2.75) is 31.9 Å². The summed E-state index contributed by atoms with van der Waals surface area (Å²) in [4.78, 5) is 14.0. The van der Waals surface area contributed by atoms with Crippen LogP contribution in [-0.2, 0) is 16.1 Å². The molecule has 1 saturated carbocycles. The molecule has 2 rings (SSSR count). The molecule has 0 heterocycles. The SMILES string of the molecule is O=C(OCc1ccccc1)N(CCOCCO)C1CCC1. The van der Waals surface area contributed by atoms with Crippen molar-refractivity contribution in [3.8, 4) is 0 Å². The van der Waals surface area contributed by atoms with Gasteiger partial charge in [-0.15, -0.1) is 0 Å². The number of amides is 1. The first-order valence-corrected chi connectivity index (χ1v) is 7.47. The molecule has 1 aromatic carbocycles. The van der Waals surface area contributed by atoms with Crippen LogP contribution in [0.1, 0.15) is 24.8 Å². The van der Waals surface area contributed by atoms with Gasteiger partial charge in [0.15, 0.2) is 0 Å². The van der Waals surface area contributed by atoms with Crippen LogP contribution in [0.2, 0.25) is 0 Å². The van der Waals surface area contributed by atoms with Crippen LogP contribution in [0.15, 0.2) is 30.3 Å². The molecule has 116 valence electrons. The highest BCUT2D eigenvalue weighted by Crippen LogP contribution is 2.25.